The van der Waals surface area contributed by atoms with Gasteiger partial charge in [0.25, 0.3) is 0 Å². The van der Waals surface area contributed by atoms with Crippen molar-refractivity contribution in [1.29, 1.82) is 0 Å². The fourth-order valence-corrected chi connectivity index (χ4v) is 2.53. The maximum Gasteiger partial charge on any atom is 0.227 e. The van der Waals surface area contributed by atoms with Crippen molar-refractivity contribution >= 4 is 29.1 Å². The Labute approximate surface area is 117 Å². The van der Waals surface area contributed by atoms with E-state index < -0.39 is 0 Å². The van der Waals surface area contributed by atoms with E-state index in [2.05, 4.69) is 5.32 Å². The van der Waals surface area contributed by atoms with Crippen LogP contribution in [0.3, 0.4) is 0 Å². The van der Waals surface area contributed by atoms with Crippen LogP contribution in [-0.2, 0) is 4.79 Å². The highest BCUT2D eigenvalue weighted by Crippen LogP contribution is 2.45. The van der Waals surface area contributed by atoms with E-state index in [1.165, 1.54) is 0 Å². The van der Waals surface area contributed by atoms with Gasteiger partial charge in [-0.1, -0.05) is 29.3 Å². The minimum Gasteiger partial charge on any atom is -0.349 e. The van der Waals surface area contributed by atoms with Crippen molar-refractivity contribution in [3.05, 3.63) is 33.8 Å². The van der Waals surface area contributed by atoms with E-state index in [1.807, 2.05) is 13.0 Å². The molecule has 1 aromatic carbocycles. The van der Waals surface area contributed by atoms with Crippen LogP contribution in [0.25, 0.3) is 0 Å². The van der Waals surface area contributed by atoms with Crippen molar-refractivity contribution in [2.45, 2.75) is 25.8 Å². The van der Waals surface area contributed by atoms with Crippen molar-refractivity contribution in [1.82, 2.24) is 5.32 Å². The van der Waals surface area contributed by atoms with Crippen molar-refractivity contribution < 1.29 is 4.79 Å². The molecule has 0 heterocycles. The van der Waals surface area contributed by atoms with Gasteiger partial charge >= 0.3 is 0 Å². The number of carbonyl (C=O) groups is 1. The minimum atomic E-state index is -0.340. The van der Waals surface area contributed by atoms with Gasteiger partial charge in [0.05, 0.1) is 11.5 Å². The zero-order valence-electron chi connectivity index (χ0n) is 10.2. The molecule has 3 nitrogen and oxygen atoms in total. The van der Waals surface area contributed by atoms with Crippen LogP contribution in [0.15, 0.2) is 18.2 Å². The number of halogens is 2. The molecule has 0 aromatic heterocycles. The van der Waals surface area contributed by atoms with Crippen molar-refractivity contribution in [3.8, 4) is 0 Å². The summed E-state index contributed by atoms with van der Waals surface area (Å²) in [6.45, 7) is 2.31. The van der Waals surface area contributed by atoms with E-state index in [0.29, 0.717) is 16.6 Å². The van der Waals surface area contributed by atoms with Crippen LogP contribution >= 0.6 is 23.2 Å². The monoisotopic (exact) mass is 286 g/mol. The summed E-state index contributed by atoms with van der Waals surface area (Å²) in [4.78, 5) is 12.1. The molecule has 0 bridgehead atoms. The highest BCUT2D eigenvalue weighted by atomic mass is 35.5. The Morgan fingerprint density at radius 1 is 1.50 bits per heavy atom. The molecular formula is C13H16Cl2N2O. The molecule has 1 aromatic rings. The van der Waals surface area contributed by atoms with Crippen LogP contribution in [-0.4, -0.2) is 12.5 Å². The summed E-state index contributed by atoms with van der Waals surface area (Å²) < 4.78 is 0. The first-order chi connectivity index (χ1) is 8.48. The fourth-order valence-electron chi connectivity index (χ4n) is 1.95. The Morgan fingerprint density at radius 2 is 2.17 bits per heavy atom. The zero-order chi connectivity index (χ0) is 13.3. The van der Waals surface area contributed by atoms with Gasteiger partial charge in [-0.2, -0.15) is 0 Å². The van der Waals surface area contributed by atoms with Crippen molar-refractivity contribution in [2.75, 3.05) is 6.54 Å². The normalized spacial score (nSPS) is 18.2. The van der Waals surface area contributed by atoms with Gasteiger partial charge < -0.3 is 11.1 Å². The lowest BCUT2D eigenvalue weighted by molar-refractivity contribution is -0.126. The average Bonchev–Trinajstić information content (AvgIpc) is 3.09. The topological polar surface area (TPSA) is 55.1 Å². The molecule has 1 atom stereocenters. The van der Waals surface area contributed by atoms with Gasteiger partial charge in [-0.05, 0) is 37.5 Å². The summed E-state index contributed by atoms with van der Waals surface area (Å²) in [5, 5.41) is 4.11. The number of rotatable bonds is 4. The molecule has 1 unspecified atom stereocenters. The average molecular weight is 287 g/mol. The van der Waals surface area contributed by atoms with E-state index in [4.69, 9.17) is 28.9 Å². The number of carbonyl (C=O) groups excluding carboxylic acids is 1. The predicted octanol–water partition coefficient (Wildman–Crippen LogP) is 2.91. The second-order valence-electron chi connectivity index (χ2n) is 4.85. The first-order valence-corrected chi connectivity index (χ1v) is 6.70. The van der Waals surface area contributed by atoms with Gasteiger partial charge in [0, 0.05) is 16.6 Å². The maximum absolute atomic E-state index is 12.1. The SMILES string of the molecule is CC(NC(=O)C1(CN)CC1)c1ccc(Cl)cc1Cl. The van der Waals surface area contributed by atoms with E-state index in [1.54, 1.807) is 12.1 Å². The lowest BCUT2D eigenvalue weighted by Gasteiger charge is -2.19. The van der Waals surface area contributed by atoms with Crippen molar-refractivity contribution in [2.24, 2.45) is 11.1 Å². The Hall–Kier alpha value is -0.770. The summed E-state index contributed by atoms with van der Waals surface area (Å²) in [6, 6.07) is 5.13. The molecule has 98 valence electrons. The second-order valence-corrected chi connectivity index (χ2v) is 5.69. The molecule has 5 heteroatoms. The highest BCUT2D eigenvalue weighted by molar-refractivity contribution is 6.35. The molecular weight excluding hydrogens is 271 g/mol. The number of benzene rings is 1. The number of hydrogen-bond donors (Lipinski definition) is 2. The molecule has 1 saturated carbocycles. The van der Waals surface area contributed by atoms with Gasteiger partial charge in [-0.15, -0.1) is 0 Å². The van der Waals surface area contributed by atoms with Crippen LogP contribution in [0.5, 0.6) is 0 Å². The third-order valence-electron chi connectivity index (χ3n) is 3.50. The first-order valence-electron chi connectivity index (χ1n) is 5.94. The van der Waals surface area contributed by atoms with Crippen LogP contribution < -0.4 is 11.1 Å². The van der Waals surface area contributed by atoms with Crippen LogP contribution in [0, 0.1) is 5.41 Å². The van der Waals surface area contributed by atoms with Gasteiger partial charge in [-0.3, -0.25) is 4.79 Å². The summed E-state index contributed by atoms with van der Waals surface area (Å²) in [5.41, 5.74) is 6.15. The Kier molecular flexibility index (Phi) is 3.85. The zero-order valence-corrected chi connectivity index (χ0v) is 11.7. The number of nitrogens with two attached hydrogens (primary N) is 1. The van der Waals surface area contributed by atoms with E-state index in [-0.39, 0.29) is 17.4 Å². The Bertz CT molecular complexity index is 472. The Balaban J connectivity index is 2.08. The summed E-state index contributed by atoms with van der Waals surface area (Å²) in [7, 11) is 0. The van der Waals surface area contributed by atoms with E-state index in [9.17, 15) is 4.79 Å². The van der Waals surface area contributed by atoms with Crippen molar-refractivity contribution in [3.63, 3.8) is 0 Å². The van der Waals surface area contributed by atoms with Gasteiger partial charge in [0.2, 0.25) is 5.91 Å². The van der Waals surface area contributed by atoms with Crippen LogP contribution in [0.2, 0.25) is 10.0 Å². The van der Waals surface area contributed by atoms with Gasteiger partial charge in [0.15, 0.2) is 0 Å². The van der Waals surface area contributed by atoms with Crippen LogP contribution in [0.4, 0.5) is 0 Å². The fraction of sp³-hybridized carbons (Fsp3) is 0.462. The molecule has 1 amide bonds. The van der Waals surface area contributed by atoms with E-state index >= 15 is 0 Å². The largest absolute Gasteiger partial charge is 0.349 e. The van der Waals surface area contributed by atoms with Gasteiger partial charge in [0.1, 0.15) is 0 Å². The minimum absolute atomic E-state index is 0.0171. The maximum atomic E-state index is 12.1. The quantitative estimate of drug-likeness (QED) is 0.894. The lowest BCUT2D eigenvalue weighted by Crippen LogP contribution is -2.38. The predicted molar refractivity (Wildman–Crippen MR) is 73.7 cm³/mol. The number of nitrogens with one attached hydrogen (secondary N) is 1. The summed E-state index contributed by atoms with van der Waals surface area (Å²) in [6.07, 6.45) is 1.74. The molecule has 1 fully saturated rings. The molecule has 18 heavy (non-hydrogen) atoms. The van der Waals surface area contributed by atoms with Crippen LogP contribution in [0.1, 0.15) is 31.4 Å². The lowest BCUT2D eigenvalue weighted by atomic mass is 10.0. The third kappa shape index (κ3) is 2.63. The highest BCUT2D eigenvalue weighted by Gasteiger charge is 2.48. The molecule has 3 N–H and O–H groups in total. The first kappa shape index (κ1) is 13.7. The van der Waals surface area contributed by atoms with E-state index in [0.717, 1.165) is 18.4 Å². The summed E-state index contributed by atoms with van der Waals surface area (Å²) >= 11 is 12.0. The molecule has 2 rings (SSSR count). The molecule has 0 aliphatic heterocycles. The smallest absolute Gasteiger partial charge is 0.227 e. The standard InChI is InChI=1S/C13H16Cl2N2O/c1-8(10-3-2-9(14)6-11(10)15)17-12(18)13(7-16)4-5-13/h2-3,6,8H,4-5,7,16H2,1H3,(H,17,18). The summed E-state index contributed by atoms with van der Waals surface area (Å²) in [5.74, 6) is 0.0171. The van der Waals surface area contributed by atoms with Gasteiger partial charge in [-0.25, -0.2) is 0 Å². The molecule has 1 aliphatic carbocycles. The molecule has 0 radical (unpaired) electrons. The molecule has 0 spiro atoms. The molecule has 0 saturated heterocycles. The number of hydrogen-bond acceptors (Lipinski definition) is 2. The third-order valence-corrected chi connectivity index (χ3v) is 4.06. The number of amides is 1. The Morgan fingerprint density at radius 3 is 2.67 bits per heavy atom. The molecule has 1 aliphatic rings. The second kappa shape index (κ2) is 5.08.